The van der Waals surface area contributed by atoms with Crippen molar-refractivity contribution in [2.45, 2.75) is 26.9 Å². The minimum absolute atomic E-state index is 0.433. The van der Waals surface area contributed by atoms with E-state index < -0.39 is 6.10 Å². The fraction of sp³-hybridized carbons (Fsp3) is 0.600. The zero-order valence-electron chi connectivity index (χ0n) is 11.9. The molecule has 0 saturated carbocycles. The molecule has 0 fully saturated rings. The summed E-state index contributed by atoms with van der Waals surface area (Å²) < 4.78 is 5.31. The average Bonchev–Trinajstić information content (AvgIpc) is 2.28. The van der Waals surface area contributed by atoms with E-state index in [2.05, 4.69) is 17.9 Å². The highest BCUT2D eigenvalue weighted by atomic mass is 16.5. The summed E-state index contributed by atoms with van der Waals surface area (Å²) in [6.07, 6.45) is -0.433. The molecule has 0 radical (unpaired) electrons. The van der Waals surface area contributed by atoms with Gasteiger partial charge in [0.15, 0.2) is 0 Å². The number of hydrogen-bond acceptors (Lipinski definition) is 3. The lowest BCUT2D eigenvalue weighted by Crippen LogP contribution is -2.28. The summed E-state index contributed by atoms with van der Waals surface area (Å²) in [6.45, 7) is 9.04. The molecule has 3 nitrogen and oxygen atoms in total. The third-order valence-corrected chi connectivity index (χ3v) is 3.09. The molecular formula is C15H25NO2. The van der Waals surface area contributed by atoms with Gasteiger partial charge in [-0.2, -0.15) is 0 Å². The zero-order valence-corrected chi connectivity index (χ0v) is 11.9. The summed E-state index contributed by atoms with van der Waals surface area (Å²) in [5.41, 5.74) is 3.40. The summed E-state index contributed by atoms with van der Waals surface area (Å²) in [7, 11) is 2.01. The van der Waals surface area contributed by atoms with Crippen molar-refractivity contribution in [3.63, 3.8) is 0 Å². The van der Waals surface area contributed by atoms with Crippen LogP contribution in [0.1, 0.15) is 29.7 Å². The maximum Gasteiger partial charge on any atom is 0.0919 e. The molecule has 102 valence electrons. The highest BCUT2D eigenvalue weighted by Crippen LogP contribution is 2.19. The Hall–Kier alpha value is -0.900. The van der Waals surface area contributed by atoms with Crippen molar-refractivity contribution in [3.8, 4) is 0 Å². The highest BCUT2D eigenvalue weighted by Gasteiger charge is 2.12. The monoisotopic (exact) mass is 251 g/mol. The van der Waals surface area contributed by atoms with Gasteiger partial charge < -0.3 is 14.7 Å². The first-order chi connectivity index (χ1) is 8.54. The van der Waals surface area contributed by atoms with Crippen molar-refractivity contribution in [2.24, 2.45) is 0 Å². The van der Waals surface area contributed by atoms with E-state index in [4.69, 9.17) is 4.74 Å². The number of nitrogens with zero attached hydrogens (tertiary/aromatic N) is 1. The van der Waals surface area contributed by atoms with Crippen LogP contribution in [-0.4, -0.2) is 43.4 Å². The lowest BCUT2D eigenvalue weighted by Gasteiger charge is -2.22. The lowest BCUT2D eigenvalue weighted by molar-refractivity contribution is 0.0888. The summed E-state index contributed by atoms with van der Waals surface area (Å²) >= 11 is 0. The summed E-state index contributed by atoms with van der Waals surface area (Å²) in [5, 5.41) is 10.2. The molecule has 0 aromatic heterocycles. The van der Waals surface area contributed by atoms with Gasteiger partial charge >= 0.3 is 0 Å². The van der Waals surface area contributed by atoms with Gasteiger partial charge in [-0.15, -0.1) is 0 Å². The first-order valence-electron chi connectivity index (χ1n) is 6.56. The first kappa shape index (κ1) is 15.2. The maximum atomic E-state index is 10.2. The summed E-state index contributed by atoms with van der Waals surface area (Å²) in [6, 6.07) is 6.18. The molecule has 3 heteroatoms. The van der Waals surface area contributed by atoms with Crippen molar-refractivity contribution >= 4 is 0 Å². The summed E-state index contributed by atoms with van der Waals surface area (Å²) in [4.78, 5) is 2.10. The van der Waals surface area contributed by atoms with Crippen molar-refractivity contribution in [3.05, 3.63) is 34.9 Å². The van der Waals surface area contributed by atoms with Crippen molar-refractivity contribution in [2.75, 3.05) is 33.4 Å². The second kappa shape index (κ2) is 7.52. The maximum absolute atomic E-state index is 10.2. The van der Waals surface area contributed by atoms with Gasteiger partial charge in [-0.25, -0.2) is 0 Å². The molecule has 1 rings (SSSR count). The minimum atomic E-state index is -0.433. The number of likely N-dealkylation sites (N-methyl/N-ethyl adjacent to an activating group) is 1. The molecule has 1 aromatic carbocycles. The molecule has 0 amide bonds. The molecular weight excluding hydrogens is 226 g/mol. The topological polar surface area (TPSA) is 32.7 Å². The van der Waals surface area contributed by atoms with Crippen LogP contribution in [0.3, 0.4) is 0 Å². The highest BCUT2D eigenvalue weighted by molar-refractivity contribution is 5.32. The Morgan fingerprint density at radius 3 is 2.67 bits per heavy atom. The number of aliphatic hydroxyl groups excluding tert-OH is 1. The van der Waals surface area contributed by atoms with E-state index in [1.165, 1.54) is 5.56 Å². The number of aliphatic hydroxyl groups is 1. The fourth-order valence-electron chi connectivity index (χ4n) is 2.05. The molecule has 1 N–H and O–H groups in total. The largest absolute Gasteiger partial charge is 0.387 e. The smallest absolute Gasteiger partial charge is 0.0919 e. The van der Waals surface area contributed by atoms with E-state index in [0.29, 0.717) is 13.2 Å². The normalized spacial score (nSPS) is 13.0. The molecule has 18 heavy (non-hydrogen) atoms. The van der Waals surface area contributed by atoms with E-state index in [-0.39, 0.29) is 0 Å². The van der Waals surface area contributed by atoms with E-state index in [0.717, 1.165) is 24.3 Å². The summed E-state index contributed by atoms with van der Waals surface area (Å²) in [5.74, 6) is 0. The van der Waals surface area contributed by atoms with Gasteiger partial charge in [0.25, 0.3) is 0 Å². The third kappa shape index (κ3) is 4.77. The molecule has 0 heterocycles. The molecule has 0 spiro atoms. The minimum Gasteiger partial charge on any atom is -0.387 e. The van der Waals surface area contributed by atoms with E-state index in [1.54, 1.807) is 0 Å². The van der Waals surface area contributed by atoms with Gasteiger partial charge in [0.05, 0.1) is 12.7 Å². The quantitative estimate of drug-likeness (QED) is 0.755. The first-order valence-corrected chi connectivity index (χ1v) is 6.56. The average molecular weight is 251 g/mol. The number of ether oxygens (including phenoxy) is 1. The van der Waals surface area contributed by atoms with Crippen molar-refractivity contribution < 1.29 is 9.84 Å². The molecule has 0 bridgehead atoms. The third-order valence-electron chi connectivity index (χ3n) is 3.09. The Morgan fingerprint density at radius 1 is 1.33 bits per heavy atom. The van der Waals surface area contributed by atoms with Crippen LogP contribution in [0.5, 0.6) is 0 Å². The Labute approximate surface area is 110 Å². The van der Waals surface area contributed by atoms with Crippen LogP contribution in [0.25, 0.3) is 0 Å². The van der Waals surface area contributed by atoms with Gasteiger partial charge in [0.1, 0.15) is 0 Å². The number of hydrogen-bond donors (Lipinski definition) is 1. The molecule has 0 saturated heterocycles. The van der Waals surface area contributed by atoms with Crippen LogP contribution in [0, 0.1) is 13.8 Å². The van der Waals surface area contributed by atoms with Crippen molar-refractivity contribution in [1.29, 1.82) is 0 Å². The predicted molar refractivity (Wildman–Crippen MR) is 74.9 cm³/mol. The zero-order chi connectivity index (χ0) is 13.5. The molecule has 1 atom stereocenters. The van der Waals surface area contributed by atoms with Gasteiger partial charge in [0.2, 0.25) is 0 Å². The number of rotatable bonds is 7. The Kier molecular flexibility index (Phi) is 6.33. The molecule has 0 aliphatic rings. The van der Waals surface area contributed by atoms with Crippen LogP contribution < -0.4 is 0 Å². The van der Waals surface area contributed by atoms with Gasteiger partial charge in [-0.1, -0.05) is 23.8 Å². The van der Waals surface area contributed by atoms with Gasteiger partial charge in [-0.3, -0.25) is 0 Å². The molecule has 0 aliphatic carbocycles. The standard InChI is InChI=1S/C15H25NO2/c1-5-18-9-8-16(4)11-15(17)14-7-6-12(2)10-13(14)3/h6-7,10,15,17H,5,8-9,11H2,1-4H3. The van der Waals surface area contributed by atoms with E-state index in [9.17, 15) is 5.11 Å². The van der Waals surface area contributed by atoms with Crippen molar-refractivity contribution in [1.82, 2.24) is 4.90 Å². The van der Waals surface area contributed by atoms with Crippen LogP contribution in [0.4, 0.5) is 0 Å². The van der Waals surface area contributed by atoms with Crippen LogP contribution in [-0.2, 0) is 4.74 Å². The molecule has 1 unspecified atom stereocenters. The Bertz CT molecular complexity index is 366. The number of benzene rings is 1. The van der Waals surface area contributed by atoms with E-state index in [1.807, 2.05) is 33.0 Å². The molecule has 0 aliphatic heterocycles. The molecule has 1 aromatic rings. The van der Waals surface area contributed by atoms with Gasteiger partial charge in [0, 0.05) is 19.7 Å². The van der Waals surface area contributed by atoms with Crippen LogP contribution >= 0.6 is 0 Å². The number of aryl methyl sites for hydroxylation is 2. The van der Waals surface area contributed by atoms with Crippen LogP contribution in [0.2, 0.25) is 0 Å². The Balaban J connectivity index is 2.51. The predicted octanol–water partition coefficient (Wildman–Crippen LogP) is 2.31. The SMILES string of the molecule is CCOCCN(C)CC(O)c1ccc(C)cc1C. The lowest BCUT2D eigenvalue weighted by atomic mass is 10.0. The van der Waals surface area contributed by atoms with Crippen LogP contribution in [0.15, 0.2) is 18.2 Å². The second-order valence-electron chi connectivity index (χ2n) is 4.84. The van der Waals surface area contributed by atoms with E-state index >= 15 is 0 Å². The van der Waals surface area contributed by atoms with Gasteiger partial charge in [-0.05, 0) is 38.9 Å². The fourth-order valence-corrected chi connectivity index (χ4v) is 2.05. The Morgan fingerprint density at radius 2 is 2.06 bits per heavy atom. The second-order valence-corrected chi connectivity index (χ2v) is 4.84.